The first-order chi connectivity index (χ1) is 6.91. The molecule has 1 rings (SSSR count). The number of carboxylic acid groups (broad SMARTS) is 1. The molecule has 0 aliphatic carbocycles. The highest BCUT2D eigenvalue weighted by molar-refractivity contribution is 7.90. The lowest BCUT2D eigenvalue weighted by Crippen LogP contribution is -2.43. The molecule has 1 heterocycles. The van der Waals surface area contributed by atoms with Crippen molar-refractivity contribution in [3.63, 3.8) is 0 Å². The second-order valence-electron chi connectivity index (χ2n) is 3.84. The molecular formula is C9H17NO4S. The first-order valence-corrected chi connectivity index (χ1v) is 6.65. The van der Waals surface area contributed by atoms with Gasteiger partial charge in [0.25, 0.3) is 0 Å². The van der Waals surface area contributed by atoms with Crippen molar-refractivity contribution >= 4 is 16.0 Å². The molecule has 0 bridgehead atoms. The van der Waals surface area contributed by atoms with Gasteiger partial charge in [-0.2, -0.15) is 4.31 Å². The van der Waals surface area contributed by atoms with Gasteiger partial charge in [0.1, 0.15) is 0 Å². The third kappa shape index (κ3) is 2.31. The van der Waals surface area contributed by atoms with Gasteiger partial charge >= 0.3 is 5.97 Å². The maximum atomic E-state index is 11.9. The molecule has 0 aromatic carbocycles. The van der Waals surface area contributed by atoms with Crippen molar-refractivity contribution in [1.29, 1.82) is 0 Å². The van der Waals surface area contributed by atoms with E-state index in [4.69, 9.17) is 5.11 Å². The van der Waals surface area contributed by atoms with E-state index in [2.05, 4.69) is 0 Å². The fourth-order valence-electron chi connectivity index (χ4n) is 1.88. The van der Waals surface area contributed by atoms with E-state index in [9.17, 15) is 13.2 Å². The minimum Gasteiger partial charge on any atom is -0.480 e. The van der Waals surface area contributed by atoms with Crippen LogP contribution in [0.3, 0.4) is 0 Å². The van der Waals surface area contributed by atoms with Gasteiger partial charge in [-0.05, 0) is 26.2 Å². The third-order valence-electron chi connectivity index (χ3n) is 2.92. The van der Waals surface area contributed by atoms with Crippen LogP contribution in [0.5, 0.6) is 0 Å². The van der Waals surface area contributed by atoms with Crippen molar-refractivity contribution in [1.82, 2.24) is 4.31 Å². The molecule has 1 fully saturated rings. The smallest absolute Gasteiger partial charge is 0.323 e. The minimum absolute atomic E-state index is 0.0169. The molecule has 0 amide bonds. The quantitative estimate of drug-likeness (QED) is 0.777. The van der Waals surface area contributed by atoms with Gasteiger partial charge in [0.05, 0.1) is 0 Å². The molecule has 2 unspecified atom stereocenters. The SMILES string of the molecule is CCC1CCCN1S(=O)(=O)C(C)C(=O)O. The zero-order valence-electron chi connectivity index (χ0n) is 9.01. The van der Waals surface area contributed by atoms with Crippen LogP contribution in [0.2, 0.25) is 0 Å². The molecular weight excluding hydrogens is 218 g/mol. The predicted molar refractivity (Wildman–Crippen MR) is 56.0 cm³/mol. The monoisotopic (exact) mass is 235 g/mol. The average Bonchev–Trinajstić information content (AvgIpc) is 2.64. The zero-order valence-corrected chi connectivity index (χ0v) is 9.83. The van der Waals surface area contributed by atoms with Crippen LogP contribution < -0.4 is 0 Å². The number of nitrogens with zero attached hydrogens (tertiary/aromatic N) is 1. The van der Waals surface area contributed by atoms with Crippen LogP contribution >= 0.6 is 0 Å². The lowest BCUT2D eigenvalue weighted by molar-refractivity contribution is -0.136. The van der Waals surface area contributed by atoms with Crippen molar-refractivity contribution < 1.29 is 18.3 Å². The van der Waals surface area contributed by atoms with Gasteiger partial charge in [-0.3, -0.25) is 4.79 Å². The Bertz CT molecular complexity index is 338. The molecule has 0 aromatic heterocycles. The molecule has 0 radical (unpaired) electrons. The largest absolute Gasteiger partial charge is 0.480 e. The average molecular weight is 235 g/mol. The second kappa shape index (κ2) is 4.49. The highest BCUT2D eigenvalue weighted by atomic mass is 32.2. The van der Waals surface area contributed by atoms with Gasteiger partial charge in [-0.1, -0.05) is 6.92 Å². The fourth-order valence-corrected chi connectivity index (χ4v) is 3.60. The molecule has 1 aliphatic heterocycles. The maximum Gasteiger partial charge on any atom is 0.323 e. The van der Waals surface area contributed by atoms with Crippen molar-refractivity contribution in [2.45, 2.75) is 44.4 Å². The zero-order chi connectivity index (χ0) is 11.6. The Hall–Kier alpha value is -0.620. The van der Waals surface area contributed by atoms with E-state index in [1.807, 2.05) is 6.92 Å². The van der Waals surface area contributed by atoms with Crippen LogP contribution in [0.25, 0.3) is 0 Å². The summed E-state index contributed by atoms with van der Waals surface area (Å²) < 4.78 is 25.1. The molecule has 5 nitrogen and oxygen atoms in total. The van der Waals surface area contributed by atoms with Gasteiger partial charge < -0.3 is 5.11 Å². The Balaban J connectivity index is 2.90. The number of sulfonamides is 1. The second-order valence-corrected chi connectivity index (χ2v) is 6.05. The Morgan fingerprint density at radius 3 is 2.67 bits per heavy atom. The molecule has 2 atom stereocenters. The van der Waals surface area contributed by atoms with E-state index in [1.165, 1.54) is 11.2 Å². The normalized spacial score (nSPS) is 25.3. The summed E-state index contributed by atoms with van der Waals surface area (Å²) in [6.07, 6.45) is 2.40. The Kier molecular flexibility index (Phi) is 3.72. The lowest BCUT2D eigenvalue weighted by Gasteiger charge is -2.24. The number of hydrogen-bond acceptors (Lipinski definition) is 3. The summed E-state index contributed by atoms with van der Waals surface area (Å²) in [7, 11) is -3.67. The standard InChI is InChI=1S/C9H17NO4S/c1-3-8-5-4-6-10(8)15(13,14)7(2)9(11)12/h7-8H,3-6H2,1-2H3,(H,11,12). The summed E-state index contributed by atoms with van der Waals surface area (Å²) in [5, 5.41) is 7.39. The molecule has 88 valence electrons. The Morgan fingerprint density at radius 2 is 2.20 bits per heavy atom. The van der Waals surface area contributed by atoms with Crippen LogP contribution in [0.4, 0.5) is 0 Å². The van der Waals surface area contributed by atoms with E-state index >= 15 is 0 Å². The number of aliphatic carboxylic acids is 1. The predicted octanol–water partition coefficient (Wildman–Crippen LogP) is 0.664. The van der Waals surface area contributed by atoms with Crippen LogP contribution in [0.15, 0.2) is 0 Å². The molecule has 1 N–H and O–H groups in total. The lowest BCUT2D eigenvalue weighted by atomic mass is 10.2. The Labute approximate surface area is 90.1 Å². The number of carbonyl (C=O) groups is 1. The van der Waals surface area contributed by atoms with Gasteiger partial charge in [0, 0.05) is 12.6 Å². The highest BCUT2D eigenvalue weighted by Gasteiger charge is 2.39. The highest BCUT2D eigenvalue weighted by Crippen LogP contribution is 2.25. The molecule has 1 aliphatic rings. The Morgan fingerprint density at radius 1 is 1.60 bits per heavy atom. The van der Waals surface area contributed by atoms with Gasteiger partial charge in [0.15, 0.2) is 5.25 Å². The summed E-state index contributed by atoms with van der Waals surface area (Å²) in [5.74, 6) is -1.28. The summed E-state index contributed by atoms with van der Waals surface area (Å²) in [5.41, 5.74) is 0. The summed E-state index contributed by atoms with van der Waals surface area (Å²) in [4.78, 5) is 10.7. The first-order valence-electron chi connectivity index (χ1n) is 5.14. The fraction of sp³-hybridized carbons (Fsp3) is 0.889. The molecule has 1 saturated heterocycles. The summed E-state index contributed by atoms with van der Waals surface area (Å²) in [6.45, 7) is 3.60. The topological polar surface area (TPSA) is 74.7 Å². The molecule has 0 saturated carbocycles. The summed E-state index contributed by atoms with van der Waals surface area (Å²) in [6, 6.07) is -0.0169. The van der Waals surface area contributed by atoms with Gasteiger partial charge in [0.2, 0.25) is 10.0 Å². The van der Waals surface area contributed by atoms with Crippen molar-refractivity contribution in [3.05, 3.63) is 0 Å². The van der Waals surface area contributed by atoms with Crippen LogP contribution in [-0.4, -0.2) is 41.6 Å². The van der Waals surface area contributed by atoms with E-state index in [0.717, 1.165) is 19.3 Å². The van der Waals surface area contributed by atoms with Crippen molar-refractivity contribution in [3.8, 4) is 0 Å². The van der Waals surface area contributed by atoms with Gasteiger partial charge in [-0.25, -0.2) is 8.42 Å². The van der Waals surface area contributed by atoms with Crippen LogP contribution in [0, 0.1) is 0 Å². The number of hydrogen-bond donors (Lipinski definition) is 1. The van der Waals surface area contributed by atoms with Crippen LogP contribution in [0.1, 0.15) is 33.1 Å². The van der Waals surface area contributed by atoms with Crippen molar-refractivity contribution in [2.75, 3.05) is 6.54 Å². The minimum atomic E-state index is -3.67. The van der Waals surface area contributed by atoms with E-state index < -0.39 is 21.2 Å². The van der Waals surface area contributed by atoms with E-state index in [-0.39, 0.29) is 6.04 Å². The van der Waals surface area contributed by atoms with Crippen LogP contribution in [-0.2, 0) is 14.8 Å². The number of carboxylic acids is 1. The van der Waals surface area contributed by atoms with E-state index in [1.54, 1.807) is 0 Å². The first kappa shape index (κ1) is 12.4. The van der Waals surface area contributed by atoms with E-state index in [0.29, 0.717) is 6.54 Å². The molecule has 0 aromatic rings. The maximum absolute atomic E-state index is 11.9. The summed E-state index contributed by atoms with van der Waals surface area (Å²) >= 11 is 0. The molecule has 6 heteroatoms. The van der Waals surface area contributed by atoms with Gasteiger partial charge in [-0.15, -0.1) is 0 Å². The molecule has 0 spiro atoms. The number of rotatable bonds is 4. The third-order valence-corrected chi connectivity index (χ3v) is 5.15. The molecule has 15 heavy (non-hydrogen) atoms. The van der Waals surface area contributed by atoms with Crippen molar-refractivity contribution in [2.24, 2.45) is 0 Å².